The average molecular weight is 680 g/mol. The highest BCUT2D eigenvalue weighted by atomic mass is 31.3. The van der Waals surface area contributed by atoms with E-state index < -0.39 is 66.1 Å². The maximum absolute atomic E-state index is 13.3. The lowest BCUT2D eigenvalue weighted by Gasteiger charge is -2.21. The van der Waals surface area contributed by atoms with Crippen molar-refractivity contribution in [2.24, 2.45) is 5.11 Å². The summed E-state index contributed by atoms with van der Waals surface area (Å²) < 4.78 is 59.8. The number of ether oxygens (including phenoxy) is 2. The molecule has 4 rings (SSSR count). The Kier molecular flexibility index (Phi) is 9.77. The summed E-state index contributed by atoms with van der Waals surface area (Å²) in [6.07, 6.45) is -2.80. The highest BCUT2D eigenvalue weighted by Crippen LogP contribution is 2.66. The van der Waals surface area contributed by atoms with Crippen molar-refractivity contribution in [2.75, 3.05) is 12.3 Å². The summed E-state index contributed by atoms with van der Waals surface area (Å²) >= 11 is 0. The van der Waals surface area contributed by atoms with E-state index in [9.17, 15) is 33.1 Å². The summed E-state index contributed by atoms with van der Waals surface area (Å²) in [5, 5.41) is 3.58. The van der Waals surface area contributed by atoms with E-state index in [0.29, 0.717) is 5.56 Å². The largest absolute Gasteiger partial charge is 0.490 e. The van der Waals surface area contributed by atoms with Crippen molar-refractivity contribution in [3.63, 3.8) is 0 Å². The Balaban J connectivity index is 1.61. The molecule has 0 aliphatic carbocycles. The molecule has 2 aromatic heterocycles. The molecule has 7 N–H and O–H groups in total. The second-order valence-electron chi connectivity index (χ2n) is 8.94. The van der Waals surface area contributed by atoms with Crippen LogP contribution in [0.15, 0.2) is 40.5 Å². The van der Waals surface area contributed by atoms with Gasteiger partial charge in [0.15, 0.2) is 11.2 Å². The molecule has 1 aliphatic heterocycles. The molecular formula is C19H23N8O14P3. The number of aromatic amines is 1. The van der Waals surface area contributed by atoms with Crippen molar-refractivity contribution < 1.29 is 60.7 Å². The lowest BCUT2D eigenvalue weighted by Crippen LogP contribution is -2.31. The van der Waals surface area contributed by atoms with Crippen LogP contribution in [0.5, 0.6) is 0 Å². The Morgan fingerprint density at radius 2 is 1.95 bits per heavy atom. The minimum absolute atomic E-state index is 0.0107. The molecule has 238 valence electrons. The molecule has 25 heteroatoms. The summed E-state index contributed by atoms with van der Waals surface area (Å²) in [5.41, 5.74) is 14.0. The normalized spacial score (nSPS) is 22.1. The summed E-state index contributed by atoms with van der Waals surface area (Å²) in [6, 6.07) is 5.28. The molecule has 0 bridgehead atoms. The number of imidazole rings is 1. The molecule has 0 radical (unpaired) electrons. The third kappa shape index (κ3) is 8.16. The molecule has 1 aliphatic rings. The number of nitrogen functional groups attached to an aromatic ring is 1. The van der Waals surface area contributed by atoms with Gasteiger partial charge in [-0.15, -0.1) is 0 Å². The quantitative estimate of drug-likeness (QED) is 0.0523. The minimum atomic E-state index is -5.81. The third-order valence-electron chi connectivity index (χ3n) is 5.87. The van der Waals surface area contributed by atoms with Crippen LogP contribution >= 0.6 is 23.5 Å². The number of nitrogens with two attached hydrogens (primary N) is 1. The van der Waals surface area contributed by atoms with E-state index in [2.05, 4.69) is 33.6 Å². The maximum Gasteiger partial charge on any atom is 0.490 e. The van der Waals surface area contributed by atoms with Crippen LogP contribution in [0.25, 0.3) is 21.6 Å². The van der Waals surface area contributed by atoms with Gasteiger partial charge in [-0.1, -0.05) is 30.2 Å². The first-order valence-electron chi connectivity index (χ1n) is 12.0. The Morgan fingerprint density at radius 3 is 2.64 bits per heavy atom. The first-order chi connectivity index (χ1) is 20.5. The number of phosphoric ester groups is 1. The van der Waals surface area contributed by atoms with Crippen molar-refractivity contribution in [3.8, 4) is 0 Å². The maximum atomic E-state index is 13.3. The second kappa shape index (κ2) is 12.9. The molecule has 3 unspecified atom stereocenters. The zero-order valence-corrected chi connectivity index (χ0v) is 24.8. The first kappa shape index (κ1) is 33.4. The molecule has 1 aromatic carbocycles. The van der Waals surface area contributed by atoms with E-state index in [-0.39, 0.29) is 29.1 Å². The van der Waals surface area contributed by atoms with Crippen molar-refractivity contribution in [2.45, 2.75) is 37.8 Å². The highest BCUT2D eigenvalue weighted by Gasteiger charge is 2.44. The molecule has 0 spiro atoms. The number of aromatic nitrogens is 4. The first-order valence-corrected chi connectivity index (χ1v) is 16.5. The number of hydrogen-bond donors (Lipinski definition) is 6. The van der Waals surface area contributed by atoms with Crippen molar-refractivity contribution in [1.82, 2.24) is 19.5 Å². The van der Waals surface area contributed by atoms with E-state index in [1.165, 1.54) is 36.0 Å². The number of phosphoric acid groups is 3. The monoisotopic (exact) mass is 680 g/mol. The van der Waals surface area contributed by atoms with Gasteiger partial charge in [-0.05, 0) is 17.2 Å². The highest BCUT2D eigenvalue weighted by molar-refractivity contribution is 7.66. The number of carbonyl (C=O) groups is 1. The van der Waals surface area contributed by atoms with Crippen LogP contribution in [-0.2, 0) is 36.3 Å². The van der Waals surface area contributed by atoms with Crippen molar-refractivity contribution in [3.05, 3.63) is 62.5 Å². The number of nitrogens with one attached hydrogen (secondary N) is 1. The van der Waals surface area contributed by atoms with Gasteiger partial charge in [0.2, 0.25) is 5.95 Å². The van der Waals surface area contributed by atoms with E-state index in [4.69, 9.17) is 35.0 Å². The molecular weight excluding hydrogens is 657 g/mol. The molecule has 0 amide bonds. The van der Waals surface area contributed by atoms with Crippen molar-refractivity contribution in [1.29, 1.82) is 0 Å². The molecule has 1 saturated heterocycles. The van der Waals surface area contributed by atoms with Gasteiger partial charge in [0.05, 0.1) is 24.5 Å². The van der Waals surface area contributed by atoms with E-state index >= 15 is 0 Å². The number of benzene rings is 1. The predicted molar refractivity (Wildman–Crippen MR) is 144 cm³/mol. The molecule has 0 saturated carbocycles. The van der Waals surface area contributed by atoms with Crippen LogP contribution in [0, 0.1) is 0 Å². The lowest BCUT2D eigenvalue weighted by molar-refractivity contribution is -0.0490. The van der Waals surface area contributed by atoms with Gasteiger partial charge in [-0.25, -0.2) is 23.5 Å². The zero-order valence-electron chi connectivity index (χ0n) is 22.1. The number of hydrogen-bond acceptors (Lipinski definition) is 14. The molecule has 1 fully saturated rings. The zero-order chi connectivity index (χ0) is 32.4. The fourth-order valence-electron chi connectivity index (χ4n) is 4.16. The van der Waals surface area contributed by atoms with Crippen molar-refractivity contribution >= 4 is 46.5 Å². The van der Waals surface area contributed by atoms with Crippen LogP contribution in [-0.4, -0.2) is 63.9 Å². The van der Waals surface area contributed by atoms with Crippen LogP contribution in [0.4, 0.5) is 5.95 Å². The minimum Gasteiger partial charge on any atom is -0.456 e. The third-order valence-corrected chi connectivity index (χ3v) is 9.68. The predicted octanol–water partition coefficient (Wildman–Crippen LogP) is 1.93. The number of H-pyrrole nitrogens is 1. The van der Waals surface area contributed by atoms with Gasteiger partial charge >= 0.3 is 29.4 Å². The fraction of sp³-hybridized carbons (Fsp3) is 0.368. The number of esters is 1. The lowest BCUT2D eigenvalue weighted by atomic mass is 10.0. The number of anilines is 1. The summed E-state index contributed by atoms with van der Waals surface area (Å²) in [4.78, 5) is 75.2. The number of carbonyl (C=O) groups excluding carboxylic acids is 1. The summed E-state index contributed by atoms with van der Waals surface area (Å²) in [7, 11) is -17.0. The van der Waals surface area contributed by atoms with Gasteiger partial charge in [-0.2, -0.15) is 13.6 Å². The molecule has 3 aromatic rings. The van der Waals surface area contributed by atoms with E-state index in [1.54, 1.807) is 6.07 Å². The fourth-order valence-corrected chi connectivity index (χ4v) is 7.19. The van der Waals surface area contributed by atoms with Gasteiger partial charge in [0, 0.05) is 11.3 Å². The van der Waals surface area contributed by atoms with Gasteiger partial charge < -0.3 is 34.8 Å². The van der Waals surface area contributed by atoms with E-state index in [1.807, 2.05) is 0 Å². The topological polar surface area (TPSA) is 334 Å². The van der Waals surface area contributed by atoms with Gasteiger partial charge in [0.25, 0.3) is 5.56 Å². The second-order valence-corrected chi connectivity index (χ2v) is 13.4. The van der Waals surface area contributed by atoms with Crippen LogP contribution in [0.2, 0.25) is 0 Å². The van der Waals surface area contributed by atoms with Gasteiger partial charge in [0.1, 0.15) is 18.4 Å². The van der Waals surface area contributed by atoms with Gasteiger partial charge in [-0.3, -0.25) is 18.9 Å². The smallest absolute Gasteiger partial charge is 0.456 e. The van der Waals surface area contributed by atoms with Crippen LogP contribution in [0.1, 0.15) is 41.5 Å². The Hall–Kier alpha value is -3.48. The van der Waals surface area contributed by atoms with E-state index in [0.717, 1.165) is 0 Å². The molecule has 6 atom stereocenters. The summed E-state index contributed by atoms with van der Waals surface area (Å²) in [6.45, 7) is 0.578. The SMILES string of the molecule is CC(N=[N+]=[N-])c1ccccc1C(=O)O[C@@H]1C[C@H](n2cnc3c(=O)[nH]c(N)nc32)O[C@@H]1COP(=O)(O)OP(=O)(O)OP(=O)(O)O. The molecule has 44 heavy (non-hydrogen) atoms. The summed E-state index contributed by atoms with van der Waals surface area (Å²) in [5.74, 6) is -1.17. The van der Waals surface area contributed by atoms with Crippen LogP contribution in [0.3, 0.4) is 0 Å². The Morgan fingerprint density at radius 1 is 1.25 bits per heavy atom. The Bertz CT molecular complexity index is 1820. The number of nitrogens with zero attached hydrogens (tertiary/aromatic N) is 6. The number of fused-ring (bicyclic) bond motifs is 1. The molecule has 3 heterocycles. The standard InChI is InChI=1S/C19H23N8O14P3/c1-9(25-26-21)10-4-2-3-5-11(10)18(29)39-12-6-14(27-8-22-15-16(27)23-19(20)24-17(15)28)38-13(12)7-37-43(33,34)41-44(35,36)40-42(30,31)32/h2-5,8-9,12-14H,6-7H2,1H3,(H,33,34)(H,35,36)(H2,30,31,32)(H3,20,23,24,28)/t9?,12-,13-,14-/m1/s1. The Labute approximate surface area is 244 Å². The average Bonchev–Trinajstić information content (AvgIpc) is 3.49. The van der Waals surface area contributed by atoms with Crippen LogP contribution < -0.4 is 11.3 Å². The number of rotatable bonds is 12. The molecule has 22 nitrogen and oxygen atoms in total. The number of azide groups is 1.